The van der Waals surface area contributed by atoms with Gasteiger partial charge in [-0.2, -0.15) is 23.4 Å². The number of pyridine rings is 1. The summed E-state index contributed by atoms with van der Waals surface area (Å²) >= 11 is 0. The Morgan fingerprint density at radius 2 is 2.03 bits per heavy atom. The summed E-state index contributed by atoms with van der Waals surface area (Å²) in [5.74, 6) is 0.499. The van der Waals surface area contributed by atoms with E-state index in [1.165, 1.54) is 12.3 Å². The third kappa shape index (κ3) is 4.31. The van der Waals surface area contributed by atoms with E-state index in [1.807, 2.05) is 11.9 Å². The van der Waals surface area contributed by atoms with Crippen LogP contribution in [0.1, 0.15) is 30.0 Å². The molecule has 0 radical (unpaired) electrons. The lowest BCUT2D eigenvalue weighted by Crippen LogP contribution is -2.47. The number of hydrogen-bond acceptors (Lipinski definition) is 7. The quantitative estimate of drug-likeness (QED) is 0.817. The van der Waals surface area contributed by atoms with Crippen LogP contribution < -0.4 is 10.2 Å². The average molecular weight is 417 g/mol. The number of nitrogens with one attached hydrogen (secondary N) is 1. The molecule has 1 N–H and O–H groups in total. The van der Waals surface area contributed by atoms with Gasteiger partial charge in [0.05, 0.1) is 23.2 Å². The first-order valence-electron chi connectivity index (χ1n) is 9.85. The number of anilines is 3. The predicted octanol–water partition coefficient (Wildman–Crippen LogP) is 3.40. The first kappa shape index (κ1) is 20.3. The van der Waals surface area contributed by atoms with Crippen molar-refractivity contribution in [2.24, 2.45) is 5.92 Å². The van der Waals surface area contributed by atoms with E-state index < -0.39 is 11.7 Å². The Balaban J connectivity index is 1.67. The van der Waals surface area contributed by atoms with Gasteiger partial charge in [-0.25, -0.2) is 9.97 Å². The normalized spacial score (nSPS) is 20.5. The number of hydrogen-bond donors (Lipinski definition) is 1. The fourth-order valence-corrected chi connectivity index (χ4v) is 3.85. The van der Waals surface area contributed by atoms with E-state index in [0.29, 0.717) is 19.0 Å². The molecule has 2 fully saturated rings. The SMILES string of the molecule is CN1CCCC(c2cc(Nc3ncccc3C(F)(F)F)nc(N3CC(C#N)C3)n2)C1. The highest BCUT2D eigenvalue weighted by Gasteiger charge is 2.35. The van der Waals surface area contributed by atoms with E-state index in [9.17, 15) is 13.2 Å². The maximum absolute atomic E-state index is 13.4. The summed E-state index contributed by atoms with van der Waals surface area (Å²) in [6.07, 6.45) is -1.23. The van der Waals surface area contributed by atoms with Crippen LogP contribution in [0.15, 0.2) is 24.4 Å². The molecule has 0 spiro atoms. The summed E-state index contributed by atoms with van der Waals surface area (Å²) in [5.41, 5.74) is -0.0587. The molecule has 0 aromatic carbocycles. The predicted molar refractivity (Wildman–Crippen MR) is 105 cm³/mol. The molecule has 2 aliphatic rings. The van der Waals surface area contributed by atoms with E-state index in [2.05, 4.69) is 26.3 Å². The Morgan fingerprint density at radius 1 is 1.23 bits per heavy atom. The summed E-state index contributed by atoms with van der Waals surface area (Å²) in [7, 11) is 2.05. The molecule has 7 nitrogen and oxygen atoms in total. The molecule has 10 heteroatoms. The van der Waals surface area contributed by atoms with E-state index in [4.69, 9.17) is 10.2 Å². The third-order valence-electron chi connectivity index (χ3n) is 5.48. The number of likely N-dealkylation sites (tertiary alicyclic amines) is 1. The number of alkyl halides is 3. The van der Waals surface area contributed by atoms with Crippen LogP contribution in [0.3, 0.4) is 0 Å². The largest absolute Gasteiger partial charge is 0.419 e. The Labute approximate surface area is 172 Å². The van der Waals surface area contributed by atoms with Crippen LogP contribution >= 0.6 is 0 Å². The molecule has 0 bridgehead atoms. The van der Waals surface area contributed by atoms with E-state index >= 15 is 0 Å². The van der Waals surface area contributed by atoms with Crippen molar-refractivity contribution in [3.8, 4) is 6.07 Å². The number of aromatic nitrogens is 3. The van der Waals surface area contributed by atoms with Crippen LogP contribution in [-0.2, 0) is 6.18 Å². The number of nitriles is 1. The van der Waals surface area contributed by atoms with Gasteiger partial charge in [0.15, 0.2) is 0 Å². The first-order valence-corrected chi connectivity index (χ1v) is 9.85. The van der Waals surface area contributed by atoms with Gasteiger partial charge in [0.1, 0.15) is 11.6 Å². The number of nitrogens with zero attached hydrogens (tertiary/aromatic N) is 6. The van der Waals surface area contributed by atoms with Crippen LogP contribution in [-0.4, -0.2) is 53.1 Å². The molecular formula is C20H22F3N7. The molecule has 4 heterocycles. The van der Waals surface area contributed by atoms with Crippen molar-refractivity contribution in [1.29, 1.82) is 5.26 Å². The molecule has 2 aromatic rings. The topological polar surface area (TPSA) is 81.0 Å². The number of rotatable bonds is 4. The standard InChI is InChI=1S/C20H22F3N7/c1-29-7-3-4-14(12-29)16-8-17(28-19(26-16)30-10-13(9-24)11-30)27-18-15(20(21,22)23)5-2-6-25-18/h2,5-6,8,13-14H,3-4,7,10-12H2,1H3,(H,25,26,27,28). The van der Waals surface area contributed by atoms with Gasteiger partial charge in [0.25, 0.3) is 0 Å². The molecule has 0 amide bonds. The number of piperidine rings is 1. The van der Waals surface area contributed by atoms with Gasteiger partial charge < -0.3 is 15.1 Å². The van der Waals surface area contributed by atoms with E-state index in [-0.39, 0.29) is 23.5 Å². The summed E-state index contributed by atoms with van der Waals surface area (Å²) < 4.78 is 40.1. The molecule has 2 aromatic heterocycles. The smallest absolute Gasteiger partial charge is 0.338 e. The first-order chi connectivity index (χ1) is 14.3. The minimum absolute atomic E-state index is 0.0814. The fraction of sp³-hybridized carbons (Fsp3) is 0.500. The van der Waals surface area contributed by atoms with Crippen molar-refractivity contribution in [2.75, 3.05) is 43.4 Å². The molecule has 30 heavy (non-hydrogen) atoms. The molecule has 1 atom stereocenters. The zero-order chi connectivity index (χ0) is 21.3. The zero-order valence-electron chi connectivity index (χ0n) is 16.5. The lowest BCUT2D eigenvalue weighted by atomic mass is 9.94. The maximum Gasteiger partial charge on any atom is 0.419 e. The minimum atomic E-state index is -4.53. The number of likely N-dealkylation sites (N-methyl/N-ethyl adjacent to an activating group) is 1. The van der Waals surface area contributed by atoms with Crippen LogP contribution in [0.2, 0.25) is 0 Å². The molecule has 0 aliphatic carbocycles. The van der Waals surface area contributed by atoms with Crippen molar-refractivity contribution >= 4 is 17.6 Å². The van der Waals surface area contributed by atoms with Crippen molar-refractivity contribution in [2.45, 2.75) is 24.9 Å². The lowest BCUT2D eigenvalue weighted by Gasteiger charge is -2.36. The Kier molecular flexibility index (Phi) is 5.47. The summed E-state index contributed by atoms with van der Waals surface area (Å²) in [5, 5.41) is 11.8. The van der Waals surface area contributed by atoms with Gasteiger partial charge in [-0.05, 0) is 38.6 Å². The Bertz CT molecular complexity index is 950. The highest BCUT2D eigenvalue weighted by molar-refractivity contribution is 5.59. The molecule has 2 aliphatic heterocycles. The fourth-order valence-electron chi connectivity index (χ4n) is 3.85. The van der Waals surface area contributed by atoms with Crippen LogP contribution in [0.5, 0.6) is 0 Å². The summed E-state index contributed by atoms with van der Waals surface area (Å²) in [4.78, 5) is 17.1. The second-order valence-corrected chi connectivity index (χ2v) is 7.83. The van der Waals surface area contributed by atoms with Gasteiger partial charge in [-0.15, -0.1) is 0 Å². The Hall–Kier alpha value is -2.93. The second-order valence-electron chi connectivity index (χ2n) is 7.83. The van der Waals surface area contributed by atoms with Gasteiger partial charge in [0, 0.05) is 37.8 Å². The zero-order valence-corrected chi connectivity index (χ0v) is 16.5. The third-order valence-corrected chi connectivity index (χ3v) is 5.48. The van der Waals surface area contributed by atoms with Gasteiger partial charge in [0.2, 0.25) is 5.95 Å². The Morgan fingerprint density at radius 3 is 2.73 bits per heavy atom. The van der Waals surface area contributed by atoms with Crippen LogP contribution in [0.4, 0.5) is 30.8 Å². The van der Waals surface area contributed by atoms with Gasteiger partial charge >= 0.3 is 6.18 Å². The maximum atomic E-state index is 13.4. The molecule has 158 valence electrons. The van der Waals surface area contributed by atoms with Gasteiger partial charge in [-0.1, -0.05) is 0 Å². The second kappa shape index (κ2) is 8.07. The molecule has 2 saturated heterocycles. The molecule has 4 rings (SSSR count). The van der Waals surface area contributed by atoms with Gasteiger partial charge in [-0.3, -0.25) is 0 Å². The van der Waals surface area contributed by atoms with Crippen LogP contribution in [0.25, 0.3) is 0 Å². The molecular weight excluding hydrogens is 395 g/mol. The van der Waals surface area contributed by atoms with E-state index in [1.54, 1.807) is 6.07 Å². The lowest BCUT2D eigenvalue weighted by molar-refractivity contribution is -0.137. The summed E-state index contributed by atoms with van der Waals surface area (Å²) in [6, 6.07) is 6.16. The van der Waals surface area contributed by atoms with Crippen molar-refractivity contribution < 1.29 is 13.2 Å². The molecule has 1 unspecified atom stereocenters. The molecule has 0 saturated carbocycles. The minimum Gasteiger partial charge on any atom is -0.338 e. The van der Waals surface area contributed by atoms with Crippen molar-refractivity contribution in [3.05, 3.63) is 35.7 Å². The van der Waals surface area contributed by atoms with Crippen molar-refractivity contribution in [3.63, 3.8) is 0 Å². The van der Waals surface area contributed by atoms with Crippen LogP contribution in [0, 0.1) is 17.2 Å². The number of halogens is 3. The highest BCUT2D eigenvalue weighted by atomic mass is 19.4. The highest BCUT2D eigenvalue weighted by Crippen LogP contribution is 2.35. The van der Waals surface area contributed by atoms with E-state index in [0.717, 1.165) is 37.7 Å². The summed E-state index contributed by atoms with van der Waals surface area (Å²) in [6.45, 7) is 2.87. The average Bonchev–Trinajstić information content (AvgIpc) is 2.67. The monoisotopic (exact) mass is 417 g/mol. The van der Waals surface area contributed by atoms with Crippen molar-refractivity contribution in [1.82, 2.24) is 19.9 Å².